The van der Waals surface area contributed by atoms with Gasteiger partial charge in [0.25, 0.3) is 0 Å². The minimum atomic E-state index is 0.0970. The van der Waals surface area contributed by atoms with Crippen molar-refractivity contribution in [1.29, 1.82) is 0 Å². The van der Waals surface area contributed by atoms with Crippen LogP contribution in [0.1, 0.15) is 22.7 Å². The molecule has 1 N–H and O–H groups in total. The van der Waals surface area contributed by atoms with E-state index in [2.05, 4.69) is 17.4 Å². The van der Waals surface area contributed by atoms with Gasteiger partial charge >= 0.3 is 0 Å². The van der Waals surface area contributed by atoms with Crippen molar-refractivity contribution in [3.8, 4) is 17.2 Å². The Morgan fingerprint density at radius 1 is 0.864 bits per heavy atom. The van der Waals surface area contributed by atoms with Gasteiger partial charge in [-0.2, -0.15) is 0 Å². The predicted octanol–water partition coefficient (Wildman–Crippen LogP) is 2.95. The number of nitrogens with one attached hydrogen (secondary N) is 1. The van der Waals surface area contributed by atoms with Crippen molar-refractivity contribution < 1.29 is 14.2 Å². The summed E-state index contributed by atoms with van der Waals surface area (Å²) in [4.78, 5) is 0. The molecule has 0 amide bonds. The Hall–Kier alpha value is -2.20. The van der Waals surface area contributed by atoms with Crippen molar-refractivity contribution in [2.45, 2.75) is 12.5 Å². The van der Waals surface area contributed by atoms with E-state index in [1.54, 1.807) is 21.3 Å². The Balaban J connectivity index is 2.12. The van der Waals surface area contributed by atoms with Gasteiger partial charge in [0.2, 0.25) is 0 Å². The second-order valence-electron chi connectivity index (χ2n) is 5.25. The summed E-state index contributed by atoms with van der Waals surface area (Å²) in [5.41, 5.74) is 3.56. The fourth-order valence-electron chi connectivity index (χ4n) is 3.17. The third kappa shape index (κ3) is 2.40. The van der Waals surface area contributed by atoms with Crippen molar-refractivity contribution in [2.75, 3.05) is 27.9 Å². The molecule has 1 heterocycles. The fourth-order valence-corrected chi connectivity index (χ4v) is 3.17. The summed E-state index contributed by atoms with van der Waals surface area (Å²) >= 11 is 0. The fraction of sp³-hybridized carbons (Fsp3) is 0.333. The van der Waals surface area contributed by atoms with Gasteiger partial charge in [-0.1, -0.05) is 24.3 Å². The molecule has 1 atom stereocenters. The number of para-hydroxylation sites is 1. The topological polar surface area (TPSA) is 39.7 Å². The molecule has 116 valence electrons. The molecule has 2 aromatic rings. The van der Waals surface area contributed by atoms with Crippen LogP contribution in [0.5, 0.6) is 17.2 Å². The molecule has 3 rings (SSSR count). The predicted molar refractivity (Wildman–Crippen MR) is 86.1 cm³/mol. The highest BCUT2D eigenvalue weighted by molar-refractivity contribution is 5.55. The highest BCUT2D eigenvalue weighted by Gasteiger charge is 2.27. The number of fused-ring (bicyclic) bond motifs is 1. The second-order valence-corrected chi connectivity index (χ2v) is 5.25. The van der Waals surface area contributed by atoms with E-state index in [0.29, 0.717) is 0 Å². The lowest BCUT2D eigenvalue weighted by Crippen LogP contribution is -2.31. The zero-order chi connectivity index (χ0) is 15.5. The van der Waals surface area contributed by atoms with Crippen LogP contribution in [0.2, 0.25) is 0 Å². The molecule has 0 spiro atoms. The Morgan fingerprint density at radius 3 is 2.36 bits per heavy atom. The molecule has 0 bridgehead atoms. The Labute approximate surface area is 131 Å². The maximum atomic E-state index is 5.59. The van der Waals surface area contributed by atoms with Crippen LogP contribution in [0.3, 0.4) is 0 Å². The average molecular weight is 299 g/mol. The van der Waals surface area contributed by atoms with Crippen LogP contribution >= 0.6 is 0 Å². The standard InChI is InChI=1S/C18H21NO3/c1-20-15-7-5-4-6-14(15)17-12-8-9-16(21-2)18(22-3)13(12)10-11-19-17/h4-9,17,19H,10-11H2,1-3H3. The van der Waals surface area contributed by atoms with Crippen molar-refractivity contribution in [2.24, 2.45) is 0 Å². The summed E-state index contributed by atoms with van der Waals surface area (Å²) in [5.74, 6) is 2.51. The van der Waals surface area contributed by atoms with Gasteiger partial charge in [-0.05, 0) is 24.1 Å². The highest BCUT2D eigenvalue weighted by Crippen LogP contribution is 2.41. The van der Waals surface area contributed by atoms with E-state index in [4.69, 9.17) is 14.2 Å². The van der Waals surface area contributed by atoms with Gasteiger partial charge in [-0.15, -0.1) is 0 Å². The minimum Gasteiger partial charge on any atom is -0.496 e. The summed E-state index contributed by atoms with van der Waals surface area (Å²) in [7, 11) is 5.07. The van der Waals surface area contributed by atoms with Crippen molar-refractivity contribution >= 4 is 0 Å². The first-order valence-electron chi connectivity index (χ1n) is 7.40. The first kappa shape index (κ1) is 14.7. The molecule has 1 aliphatic heterocycles. The smallest absolute Gasteiger partial charge is 0.164 e. The van der Waals surface area contributed by atoms with Crippen molar-refractivity contribution in [3.63, 3.8) is 0 Å². The molecule has 0 radical (unpaired) electrons. The molecule has 0 aliphatic carbocycles. The third-order valence-corrected chi connectivity index (χ3v) is 4.17. The summed E-state index contributed by atoms with van der Waals surface area (Å²) in [5, 5.41) is 3.58. The molecule has 2 aromatic carbocycles. The van der Waals surface area contributed by atoms with Gasteiger partial charge < -0.3 is 19.5 Å². The normalized spacial score (nSPS) is 16.8. The second kappa shape index (κ2) is 6.28. The van der Waals surface area contributed by atoms with Crippen LogP contribution < -0.4 is 19.5 Å². The summed E-state index contributed by atoms with van der Waals surface area (Å²) in [6.07, 6.45) is 0.918. The highest BCUT2D eigenvalue weighted by atomic mass is 16.5. The van der Waals surface area contributed by atoms with E-state index in [-0.39, 0.29) is 6.04 Å². The molecule has 0 fully saturated rings. The van der Waals surface area contributed by atoms with E-state index >= 15 is 0 Å². The molecule has 22 heavy (non-hydrogen) atoms. The van der Waals surface area contributed by atoms with Gasteiger partial charge in [-0.3, -0.25) is 0 Å². The first-order valence-corrected chi connectivity index (χ1v) is 7.40. The van der Waals surface area contributed by atoms with Gasteiger partial charge in [-0.25, -0.2) is 0 Å². The Kier molecular flexibility index (Phi) is 4.20. The van der Waals surface area contributed by atoms with E-state index in [1.807, 2.05) is 24.3 Å². The van der Waals surface area contributed by atoms with Gasteiger partial charge in [0.1, 0.15) is 5.75 Å². The zero-order valence-electron chi connectivity index (χ0n) is 13.2. The lowest BCUT2D eigenvalue weighted by molar-refractivity contribution is 0.348. The number of methoxy groups -OCH3 is 3. The van der Waals surface area contributed by atoms with Crippen molar-refractivity contribution in [1.82, 2.24) is 5.32 Å². The summed E-state index contributed by atoms with van der Waals surface area (Å²) < 4.78 is 16.5. The number of hydrogen-bond donors (Lipinski definition) is 1. The largest absolute Gasteiger partial charge is 0.496 e. The van der Waals surface area contributed by atoms with Gasteiger partial charge in [0.05, 0.1) is 27.4 Å². The lowest BCUT2D eigenvalue weighted by Gasteiger charge is -2.30. The van der Waals surface area contributed by atoms with E-state index in [9.17, 15) is 0 Å². The maximum Gasteiger partial charge on any atom is 0.164 e. The van der Waals surface area contributed by atoms with Crippen molar-refractivity contribution in [3.05, 3.63) is 53.1 Å². The molecule has 1 unspecified atom stereocenters. The summed E-state index contributed by atoms with van der Waals surface area (Å²) in [6.45, 7) is 0.888. The van der Waals surface area contributed by atoms with Gasteiger partial charge in [0, 0.05) is 17.7 Å². The number of benzene rings is 2. The van der Waals surface area contributed by atoms with Crippen LogP contribution in [0.15, 0.2) is 36.4 Å². The first-order chi connectivity index (χ1) is 10.8. The van der Waals surface area contributed by atoms with Crippen LogP contribution in [0.25, 0.3) is 0 Å². The molecule has 1 aliphatic rings. The minimum absolute atomic E-state index is 0.0970. The van der Waals surface area contributed by atoms with E-state index in [0.717, 1.165) is 35.8 Å². The summed E-state index contributed by atoms with van der Waals surface area (Å²) in [6, 6.07) is 12.3. The number of hydrogen-bond acceptors (Lipinski definition) is 4. The van der Waals surface area contributed by atoms with Gasteiger partial charge in [0.15, 0.2) is 11.5 Å². The number of rotatable bonds is 4. The quantitative estimate of drug-likeness (QED) is 0.942. The molecule has 0 saturated carbocycles. The maximum absolute atomic E-state index is 5.59. The molecular formula is C18H21NO3. The average Bonchev–Trinajstić information content (AvgIpc) is 2.59. The monoisotopic (exact) mass is 299 g/mol. The van der Waals surface area contributed by atoms with Crippen LogP contribution in [-0.2, 0) is 6.42 Å². The molecule has 4 heteroatoms. The van der Waals surface area contributed by atoms with E-state index in [1.165, 1.54) is 11.1 Å². The Bertz CT molecular complexity index is 669. The van der Waals surface area contributed by atoms with Crippen LogP contribution in [0.4, 0.5) is 0 Å². The lowest BCUT2D eigenvalue weighted by atomic mass is 9.88. The number of ether oxygens (including phenoxy) is 3. The zero-order valence-corrected chi connectivity index (χ0v) is 13.2. The molecule has 0 aromatic heterocycles. The van der Waals surface area contributed by atoms with E-state index < -0.39 is 0 Å². The molecule has 0 saturated heterocycles. The Morgan fingerprint density at radius 2 is 1.64 bits per heavy atom. The SMILES string of the molecule is COc1ccccc1C1NCCc2c1ccc(OC)c2OC. The van der Waals surface area contributed by atoms with Crippen LogP contribution in [-0.4, -0.2) is 27.9 Å². The van der Waals surface area contributed by atoms with Crippen LogP contribution in [0, 0.1) is 0 Å². The molecule has 4 nitrogen and oxygen atoms in total. The third-order valence-electron chi connectivity index (χ3n) is 4.17. The molecular weight excluding hydrogens is 278 g/mol.